The summed E-state index contributed by atoms with van der Waals surface area (Å²) >= 11 is 0. The summed E-state index contributed by atoms with van der Waals surface area (Å²) in [6.07, 6.45) is 2.45. The topological polar surface area (TPSA) is 63.2 Å². The molecule has 1 amide bonds. The summed E-state index contributed by atoms with van der Waals surface area (Å²) in [7, 11) is -3.35. The molecule has 0 radical (unpaired) electrons. The van der Waals surface area contributed by atoms with Crippen molar-refractivity contribution in [2.75, 3.05) is 5.75 Å². The third-order valence-corrected chi connectivity index (χ3v) is 2.74. The van der Waals surface area contributed by atoms with E-state index in [1.54, 1.807) is 0 Å². The number of amides is 1. The first-order valence-electron chi connectivity index (χ1n) is 3.99. The molecular formula is C7H15NO3S. The van der Waals surface area contributed by atoms with Crippen LogP contribution in [0.3, 0.4) is 0 Å². The number of unbranched alkanes of at least 4 members (excludes halogenated alkanes) is 2. The van der Waals surface area contributed by atoms with E-state index in [4.69, 9.17) is 0 Å². The molecule has 0 aromatic rings. The number of carbonyl (C=O) groups is 1. The van der Waals surface area contributed by atoms with Crippen LogP contribution in [-0.2, 0) is 14.8 Å². The van der Waals surface area contributed by atoms with E-state index in [2.05, 4.69) is 0 Å². The Hall–Kier alpha value is -0.580. The maximum atomic E-state index is 11.0. The molecule has 0 saturated carbocycles. The minimum atomic E-state index is -3.35. The van der Waals surface area contributed by atoms with Crippen LogP contribution in [0.1, 0.15) is 33.1 Å². The van der Waals surface area contributed by atoms with Gasteiger partial charge < -0.3 is 0 Å². The van der Waals surface area contributed by atoms with Gasteiger partial charge in [-0.25, -0.2) is 8.42 Å². The van der Waals surface area contributed by atoms with Crippen molar-refractivity contribution in [2.24, 2.45) is 0 Å². The quantitative estimate of drug-likeness (QED) is 0.652. The average molecular weight is 193 g/mol. The summed E-state index contributed by atoms with van der Waals surface area (Å²) < 4.78 is 23.9. The molecule has 0 heterocycles. The maximum absolute atomic E-state index is 11.0. The molecule has 0 unspecified atom stereocenters. The van der Waals surface area contributed by atoms with Crippen LogP contribution >= 0.6 is 0 Å². The molecule has 4 nitrogen and oxygen atoms in total. The molecule has 0 aliphatic heterocycles. The average Bonchev–Trinajstić information content (AvgIpc) is 1.84. The second-order valence-electron chi connectivity index (χ2n) is 2.68. The van der Waals surface area contributed by atoms with Gasteiger partial charge >= 0.3 is 0 Å². The number of rotatable bonds is 5. The zero-order valence-corrected chi connectivity index (χ0v) is 8.28. The number of carbonyl (C=O) groups excluding carboxylic acids is 1. The Balaban J connectivity index is 3.81. The predicted octanol–water partition coefficient (Wildman–Crippen LogP) is 0.643. The van der Waals surface area contributed by atoms with Crippen molar-refractivity contribution in [1.82, 2.24) is 4.72 Å². The largest absolute Gasteiger partial charge is 0.274 e. The second kappa shape index (κ2) is 5.13. The fraction of sp³-hybridized carbons (Fsp3) is 0.857. The Bertz CT molecular complexity index is 233. The van der Waals surface area contributed by atoms with E-state index in [9.17, 15) is 13.2 Å². The Morgan fingerprint density at radius 2 is 1.92 bits per heavy atom. The molecule has 0 fully saturated rings. The van der Waals surface area contributed by atoms with Crippen LogP contribution in [0.2, 0.25) is 0 Å². The third-order valence-electron chi connectivity index (χ3n) is 1.32. The first-order chi connectivity index (χ1) is 5.48. The molecule has 5 heteroatoms. The normalized spacial score (nSPS) is 11.2. The van der Waals surface area contributed by atoms with Gasteiger partial charge in [0.15, 0.2) is 0 Å². The first-order valence-corrected chi connectivity index (χ1v) is 5.64. The van der Waals surface area contributed by atoms with Crippen molar-refractivity contribution < 1.29 is 13.2 Å². The molecule has 1 N–H and O–H groups in total. The smallest absolute Gasteiger partial charge is 0.234 e. The van der Waals surface area contributed by atoms with Gasteiger partial charge in [0.2, 0.25) is 15.9 Å². The van der Waals surface area contributed by atoms with Gasteiger partial charge in [0.25, 0.3) is 0 Å². The molecule has 0 saturated heterocycles. The van der Waals surface area contributed by atoms with Gasteiger partial charge in [-0.2, -0.15) is 0 Å². The Morgan fingerprint density at radius 3 is 2.33 bits per heavy atom. The molecule has 0 bridgehead atoms. The van der Waals surface area contributed by atoms with Crippen molar-refractivity contribution in [3.63, 3.8) is 0 Å². The summed E-state index contributed by atoms with van der Waals surface area (Å²) in [6.45, 7) is 3.18. The van der Waals surface area contributed by atoms with Crippen LogP contribution in [-0.4, -0.2) is 20.1 Å². The summed E-state index contributed by atoms with van der Waals surface area (Å²) in [5.74, 6) is -0.480. The minimum absolute atomic E-state index is 0.0421. The third kappa shape index (κ3) is 6.15. The molecule has 0 aromatic carbocycles. The lowest BCUT2D eigenvalue weighted by Gasteiger charge is -2.02. The van der Waals surface area contributed by atoms with Gasteiger partial charge in [0, 0.05) is 6.92 Å². The van der Waals surface area contributed by atoms with Gasteiger partial charge in [0.1, 0.15) is 0 Å². The lowest BCUT2D eigenvalue weighted by molar-refractivity contribution is -0.117. The van der Waals surface area contributed by atoms with Gasteiger partial charge in [-0.1, -0.05) is 19.8 Å². The lowest BCUT2D eigenvalue weighted by Crippen LogP contribution is -2.30. The Labute approximate surface area is 73.4 Å². The lowest BCUT2D eigenvalue weighted by atomic mass is 10.3. The zero-order chi connectivity index (χ0) is 9.61. The van der Waals surface area contributed by atoms with Crippen molar-refractivity contribution in [1.29, 1.82) is 0 Å². The molecule has 72 valence electrons. The SMILES string of the molecule is CCCCCS(=O)(=O)NC(C)=O. The van der Waals surface area contributed by atoms with Crippen LogP contribution < -0.4 is 4.72 Å². The fourth-order valence-corrected chi connectivity index (χ4v) is 1.94. The monoisotopic (exact) mass is 193 g/mol. The summed E-state index contributed by atoms with van der Waals surface area (Å²) in [5, 5.41) is 0. The van der Waals surface area contributed by atoms with E-state index >= 15 is 0 Å². The minimum Gasteiger partial charge on any atom is -0.274 e. The van der Waals surface area contributed by atoms with Crippen molar-refractivity contribution in [2.45, 2.75) is 33.1 Å². The summed E-state index contributed by atoms with van der Waals surface area (Å²) in [4.78, 5) is 10.4. The fourth-order valence-electron chi connectivity index (χ4n) is 0.812. The highest BCUT2D eigenvalue weighted by atomic mass is 32.2. The van der Waals surface area contributed by atoms with Crippen molar-refractivity contribution in [3.8, 4) is 0 Å². The maximum Gasteiger partial charge on any atom is 0.234 e. The number of nitrogens with one attached hydrogen (secondary N) is 1. The van der Waals surface area contributed by atoms with Gasteiger partial charge in [-0.3, -0.25) is 9.52 Å². The van der Waals surface area contributed by atoms with Gasteiger partial charge in [0.05, 0.1) is 5.75 Å². The van der Waals surface area contributed by atoms with Crippen LogP contribution in [0.25, 0.3) is 0 Å². The van der Waals surface area contributed by atoms with E-state index in [-0.39, 0.29) is 5.75 Å². The summed E-state index contributed by atoms with van der Waals surface area (Å²) in [6, 6.07) is 0. The van der Waals surface area contributed by atoms with Crippen LogP contribution in [0, 0.1) is 0 Å². The molecule has 0 aliphatic rings. The van der Waals surface area contributed by atoms with Crippen LogP contribution in [0.4, 0.5) is 0 Å². The molecule has 0 aromatic heterocycles. The van der Waals surface area contributed by atoms with E-state index in [0.29, 0.717) is 6.42 Å². The van der Waals surface area contributed by atoms with Gasteiger partial charge in [-0.15, -0.1) is 0 Å². The number of hydrogen-bond acceptors (Lipinski definition) is 3. The van der Waals surface area contributed by atoms with Crippen LogP contribution in [0.5, 0.6) is 0 Å². The molecular weight excluding hydrogens is 178 g/mol. The molecule has 0 aliphatic carbocycles. The van der Waals surface area contributed by atoms with E-state index < -0.39 is 15.9 Å². The summed E-state index contributed by atoms with van der Waals surface area (Å²) in [5.41, 5.74) is 0. The highest BCUT2D eigenvalue weighted by molar-refractivity contribution is 7.90. The van der Waals surface area contributed by atoms with Crippen molar-refractivity contribution >= 4 is 15.9 Å². The van der Waals surface area contributed by atoms with E-state index in [0.717, 1.165) is 12.8 Å². The highest BCUT2D eigenvalue weighted by Crippen LogP contribution is 1.97. The Kier molecular flexibility index (Phi) is 4.89. The molecule has 0 spiro atoms. The predicted molar refractivity (Wildman–Crippen MR) is 47.1 cm³/mol. The van der Waals surface area contributed by atoms with Crippen LogP contribution in [0.15, 0.2) is 0 Å². The van der Waals surface area contributed by atoms with Gasteiger partial charge in [-0.05, 0) is 6.42 Å². The molecule has 12 heavy (non-hydrogen) atoms. The number of sulfonamides is 1. The standard InChI is InChI=1S/C7H15NO3S/c1-3-4-5-6-12(10,11)8-7(2)9/h3-6H2,1-2H3,(H,8,9). The zero-order valence-electron chi connectivity index (χ0n) is 7.46. The molecule has 0 rings (SSSR count). The van der Waals surface area contributed by atoms with E-state index in [1.165, 1.54) is 6.92 Å². The van der Waals surface area contributed by atoms with E-state index in [1.807, 2.05) is 11.6 Å². The second-order valence-corrected chi connectivity index (χ2v) is 4.53. The first kappa shape index (κ1) is 11.4. The molecule has 0 atom stereocenters. The Morgan fingerprint density at radius 1 is 1.33 bits per heavy atom. The van der Waals surface area contributed by atoms with Crippen molar-refractivity contribution in [3.05, 3.63) is 0 Å². The number of hydrogen-bond donors (Lipinski definition) is 1. The highest BCUT2D eigenvalue weighted by Gasteiger charge is 2.09.